The lowest BCUT2D eigenvalue weighted by molar-refractivity contribution is -0.141. The van der Waals surface area contributed by atoms with Gasteiger partial charge in [0.05, 0.1) is 0 Å². The van der Waals surface area contributed by atoms with Crippen LogP contribution in [0.15, 0.2) is 30.3 Å². The Hall–Kier alpha value is -2.35. The van der Waals surface area contributed by atoms with Gasteiger partial charge in [0.2, 0.25) is 0 Å². The van der Waals surface area contributed by atoms with E-state index in [0.29, 0.717) is 19.1 Å². The van der Waals surface area contributed by atoms with Crippen molar-refractivity contribution < 1.29 is 18.0 Å². The van der Waals surface area contributed by atoms with Crippen molar-refractivity contribution >= 4 is 5.91 Å². The van der Waals surface area contributed by atoms with Crippen LogP contribution >= 0.6 is 0 Å². The van der Waals surface area contributed by atoms with E-state index < -0.39 is 17.8 Å². The number of halogens is 3. The van der Waals surface area contributed by atoms with Crippen molar-refractivity contribution in [1.82, 2.24) is 20.0 Å². The molecule has 2 aliphatic heterocycles. The Labute approximate surface area is 155 Å². The second kappa shape index (κ2) is 6.99. The van der Waals surface area contributed by atoms with Gasteiger partial charge in [0, 0.05) is 38.3 Å². The zero-order valence-electron chi connectivity index (χ0n) is 14.8. The molecule has 0 aliphatic carbocycles. The summed E-state index contributed by atoms with van der Waals surface area (Å²) >= 11 is 0. The molecule has 8 heteroatoms. The minimum atomic E-state index is -4.52. The van der Waals surface area contributed by atoms with E-state index in [1.54, 1.807) is 4.90 Å². The topological polar surface area (TPSA) is 52.2 Å². The van der Waals surface area contributed by atoms with Gasteiger partial charge in [-0.3, -0.25) is 14.8 Å². The lowest BCUT2D eigenvalue weighted by Gasteiger charge is -2.40. The SMILES string of the molecule is O=C(c1cc(C(F)(F)F)[nH]n1)N1CCC(N2CCc3ccccc3C2)CC1. The summed E-state index contributed by atoms with van der Waals surface area (Å²) in [5.41, 5.74) is 1.60. The fourth-order valence-electron chi connectivity index (χ4n) is 4.00. The Morgan fingerprint density at radius 2 is 1.81 bits per heavy atom. The van der Waals surface area contributed by atoms with Crippen LogP contribution in [0.1, 0.15) is 40.2 Å². The lowest BCUT2D eigenvalue weighted by atomic mass is 9.95. The Balaban J connectivity index is 1.35. The second-order valence-corrected chi connectivity index (χ2v) is 7.18. The number of aromatic nitrogens is 2. The summed E-state index contributed by atoms with van der Waals surface area (Å²) in [6, 6.07) is 9.65. The molecule has 2 aliphatic rings. The molecule has 1 aromatic heterocycles. The van der Waals surface area contributed by atoms with E-state index in [0.717, 1.165) is 38.4 Å². The molecule has 1 amide bonds. The summed E-state index contributed by atoms with van der Waals surface area (Å²) < 4.78 is 38.0. The van der Waals surface area contributed by atoms with E-state index in [2.05, 4.69) is 34.3 Å². The predicted molar refractivity (Wildman–Crippen MR) is 93.1 cm³/mol. The van der Waals surface area contributed by atoms with Crippen molar-refractivity contribution in [3.63, 3.8) is 0 Å². The number of H-pyrrole nitrogens is 1. The zero-order valence-corrected chi connectivity index (χ0v) is 14.8. The number of fused-ring (bicyclic) bond motifs is 1. The molecule has 1 saturated heterocycles. The van der Waals surface area contributed by atoms with Gasteiger partial charge >= 0.3 is 6.18 Å². The molecule has 1 fully saturated rings. The van der Waals surface area contributed by atoms with Crippen molar-refractivity contribution in [3.05, 3.63) is 52.8 Å². The van der Waals surface area contributed by atoms with Gasteiger partial charge in [-0.15, -0.1) is 0 Å². The molecule has 5 nitrogen and oxygen atoms in total. The zero-order chi connectivity index (χ0) is 19.0. The molecule has 2 aromatic rings. The van der Waals surface area contributed by atoms with Crippen LogP contribution in [0, 0.1) is 0 Å². The van der Waals surface area contributed by atoms with Crippen LogP contribution in [0.2, 0.25) is 0 Å². The number of rotatable bonds is 2. The van der Waals surface area contributed by atoms with Crippen molar-refractivity contribution in [1.29, 1.82) is 0 Å². The summed E-state index contributed by atoms with van der Waals surface area (Å²) in [7, 11) is 0. The molecule has 27 heavy (non-hydrogen) atoms. The molecule has 0 saturated carbocycles. The summed E-state index contributed by atoms with van der Waals surface area (Å²) in [5, 5.41) is 5.45. The van der Waals surface area contributed by atoms with Gasteiger partial charge in [0.25, 0.3) is 5.91 Å². The smallest absolute Gasteiger partial charge is 0.337 e. The number of aromatic amines is 1. The van der Waals surface area contributed by atoms with E-state index in [4.69, 9.17) is 0 Å². The van der Waals surface area contributed by atoms with Gasteiger partial charge in [-0.2, -0.15) is 18.3 Å². The number of benzene rings is 1. The average molecular weight is 378 g/mol. The average Bonchev–Trinajstić information content (AvgIpc) is 3.18. The maximum absolute atomic E-state index is 12.7. The summed E-state index contributed by atoms with van der Waals surface area (Å²) in [6.07, 6.45) is -1.85. The summed E-state index contributed by atoms with van der Waals surface area (Å²) in [4.78, 5) is 16.5. The molecule has 3 heterocycles. The summed E-state index contributed by atoms with van der Waals surface area (Å²) in [5.74, 6) is -0.441. The lowest BCUT2D eigenvalue weighted by Crippen LogP contribution is -2.48. The first-order valence-corrected chi connectivity index (χ1v) is 9.14. The standard InChI is InChI=1S/C19H21F3N4O/c20-19(21,22)17-11-16(23-24-17)18(27)25-9-6-15(7-10-25)26-8-5-13-3-1-2-4-14(13)12-26/h1-4,11,15H,5-10,12H2,(H,23,24). The number of hydrogen-bond donors (Lipinski definition) is 1. The van der Waals surface area contributed by atoms with Crippen molar-refractivity contribution in [3.8, 4) is 0 Å². The third-order valence-corrected chi connectivity index (χ3v) is 5.53. The molecule has 1 N–H and O–H groups in total. The third kappa shape index (κ3) is 3.71. The maximum Gasteiger partial charge on any atom is 0.432 e. The number of amides is 1. The first-order chi connectivity index (χ1) is 12.9. The Morgan fingerprint density at radius 1 is 1.11 bits per heavy atom. The highest BCUT2D eigenvalue weighted by molar-refractivity contribution is 5.92. The quantitative estimate of drug-likeness (QED) is 0.874. The highest BCUT2D eigenvalue weighted by Gasteiger charge is 2.35. The predicted octanol–water partition coefficient (Wildman–Crippen LogP) is 3.09. The largest absolute Gasteiger partial charge is 0.432 e. The Kier molecular flexibility index (Phi) is 4.67. The van der Waals surface area contributed by atoms with Crippen LogP contribution in [-0.4, -0.2) is 51.6 Å². The van der Waals surface area contributed by atoms with E-state index in [1.807, 2.05) is 5.10 Å². The van der Waals surface area contributed by atoms with Gasteiger partial charge < -0.3 is 4.90 Å². The second-order valence-electron chi connectivity index (χ2n) is 7.18. The molecular weight excluding hydrogens is 357 g/mol. The number of carbonyl (C=O) groups excluding carboxylic acids is 1. The Morgan fingerprint density at radius 3 is 2.48 bits per heavy atom. The molecule has 0 radical (unpaired) electrons. The monoisotopic (exact) mass is 378 g/mol. The first kappa shape index (κ1) is 18.0. The van der Waals surface area contributed by atoms with Gasteiger partial charge in [0.15, 0.2) is 5.69 Å². The van der Waals surface area contributed by atoms with Crippen LogP contribution in [0.4, 0.5) is 13.2 Å². The van der Waals surface area contributed by atoms with Crippen LogP contribution in [0.3, 0.4) is 0 Å². The Bertz CT molecular complexity index is 824. The van der Waals surface area contributed by atoms with Crippen LogP contribution in [0.25, 0.3) is 0 Å². The van der Waals surface area contributed by atoms with E-state index in [1.165, 1.54) is 11.1 Å². The molecule has 1 aromatic carbocycles. The van der Waals surface area contributed by atoms with Crippen molar-refractivity contribution in [2.45, 2.75) is 38.0 Å². The van der Waals surface area contributed by atoms with Crippen LogP contribution < -0.4 is 0 Å². The number of alkyl halides is 3. The highest BCUT2D eigenvalue weighted by Crippen LogP contribution is 2.29. The number of nitrogens with zero attached hydrogens (tertiary/aromatic N) is 3. The number of carbonyl (C=O) groups is 1. The van der Waals surface area contributed by atoms with E-state index >= 15 is 0 Å². The van der Waals surface area contributed by atoms with Gasteiger partial charge in [-0.05, 0) is 30.4 Å². The maximum atomic E-state index is 12.7. The van der Waals surface area contributed by atoms with Crippen molar-refractivity contribution in [2.24, 2.45) is 0 Å². The highest BCUT2D eigenvalue weighted by atomic mass is 19.4. The molecule has 4 rings (SSSR count). The van der Waals surface area contributed by atoms with Gasteiger partial charge in [0.1, 0.15) is 5.69 Å². The van der Waals surface area contributed by atoms with Crippen LogP contribution in [-0.2, 0) is 19.1 Å². The van der Waals surface area contributed by atoms with Crippen molar-refractivity contribution in [2.75, 3.05) is 19.6 Å². The van der Waals surface area contributed by atoms with Crippen LogP contribution in [0.5, 0.6) is 0 Å². The molecule has 0 atom stereocenters. The van der Waals surface area contributed by atoms with E-state index in [-0.39, 0.29) is 5.69 Å². The number of piperidine rings is 1. The summed E-state index contributed by atoms with van der Waals surface area (Å²) in [6.45, 7) is 3.00. The molecule has 0 bridgehead atoms. The number of likely N-dealkylation sites (tertiary alicyclic amines) is 1. The normalized spacial score (nSPS) is 19.1. The fraction of sp³-hybridized carbons (Fsp3) is 0.474. The van der Waals surface area contributed by atoms with E-state index in [9.17, 15) is 18.0 Å². The minimum Gasteiger partial charge on any atom is -0.337 e. The fourth-order valence-corrected chi connectivity index (χ4v) is 4.00. The molecule has 0 spiro atoms. The number of hydrogen-bond acceptors (Lipinski definition) is 3. The minimum absolute atomic E-state index is 0.173. The third-order valence-electron chi connectivity index (χ3n) is 5.53. The molecule has 0 unspecified atom stereocenters. The molecule has 144 valence electrons. The molecular formula is C19H21F3N4O. The van der Waals surface area contributed by atoms with Gasteiger partial charge in [-0.25, -0.2) is 0 Å². The van der Waals surface area contributed by atoms with Gasteiger partial charge in [-0.1, -0.05) is 24.3 Å². The first-order valence-electron chi connectivity index (χ1n) is 9.14. The number of nitrogens with one attached hydrogen (secondary N) is 1.